The number of hydrogen-bond donors (Lipinski definition) is 1. The molecule has 0 bridgehead atoms. The van der Waals surface area contributed by atoms with Crippen LogP contribution >= 0.6 is 0 Å². The number of carbonyl (C=O) groups is 1. The van der Waals surface area contributed by atoms with Gasteiger partial charge in [0.2, 0.25) is 0 Å². The monoisotopic (exact) mass is 284 g/mol. The second-order valence-corrected chi connectivity index (χ2v) is 6.04. The summed E-state index contributed by atoms with van der Waals surface area (Å²) in [5, 5.41) is 3.40. The van der Waals surface area contributed by atoms with Gasteiger partial charge in [0.05, 0.1) is 6.61 Å². The number of rotatable bonds is 8. The van der Waals surface area contributed by atoms with Gasteiger partial charge in [-0.1, -0.05) is 13.3 Å². The molecule has 0 aliphatic carbocycles. The van der Waals surface area contributed by atoms with E-state index in [1.165, 1.54) is 12.8 Å². The van der Waals surface area contributed by atoms with Gasteiger partial charge in [-0.3, -0.25) is 9.69 Å². The van der Waals surface area contributed by atoms with Crippen molar-refractivity contribution in [1.82, 2.24) is 10.2 Å². The Kier molecular flexibility index (Phi) is 8.15. The summed E-state index contributed by atoms with van der Waals surface area (Å²) < 4.78 is 5.28. The highest BCUT2D eigenvalue weighted by Gasteiger charge is 2.30. The molecular formula is C16H32N2O2. The van der Waals surface area contributed by atoms with Gasteiger partial charge in [0.15, 0.2) is 0 Å². The molecule has 0 aromatic heterocycles. The third kappa shape index (κ3) is 5.41. The Labute approximate surface area is 124 Å². The molecule has 1 rings (SSSR count). The van der Waals surface area contributed by atoms with Gasteiger partial charge >= 0.3 is 5.97 Å². The first kappa shape index (κ1) is 17.4. The number of esters is 1. The highest BCUT2D eigenvalue weighted by molar-refractivity contribution is 5.75. The van der Waals surface area contributed by atoms with Crippen LogP contribution in [0.2, 0.25) is 0 Å². The number of nitrogens with one attached hydrogen (secondary N) is 1. The molecule has 20 heavy (non-hydrogen) atoms. The van der Waals surface area contributed by atoms with Gasteiger partial charge in [-0.2, -0.15) is 0 Å². The van der Waals surface area contributed by atoms with Crippen molar-refractivity contribution >= 4 is 5.97 Å². The van der Waals surface area contributed by atoms with E-state index in [1.807, 2.05) is 6.92 Å². The molecule has 1 aliphatic heterocycles. The maximum absolute atomic E-state index is 12.2. The Bertz CT molecular complexity index is 276. The normalized spacial score (nSPS) is 18.5. The summed E-state index contributed by atoms with van der Waals surface area (Å²) in [4.78, 5) is 14.6. The van der Waals surface area contributed by atoms with E-state index in [0.29, 0.717) is 18.6 Å². The first-order valence-electron chi connectivity index (χ1n) is 8.23. The Morgan fingerprint density at radius 3 is 2.45 bits per heavy atom. The van der Waals surface area contributed by atoms with Crippen LogP contribution < -0.4 is 5.32 Å². The van der Waals surface area contributed by atoms with Crippen LogP contribution in [0, 0.1) is 5.92 Å². The maximum Gasteiger partial charge on any atom is 0.323 e. The van der Waals surface area contributed by atoms with E-state index < -0.39 is 0 Å². The fourth-order valence-corrected chi connectivity index (χ4v) is 2.99. The van der Waals surface area contributed by atoms with Crippen molar-refractivity contribution in [2.24, 2.45) is 5.92 Å². The maximum atomic E-state index is 12.2. The number of nitrogens with zero attached hydrogens (tertiary/aromatic N) is 1. The SMILES string of the molecule is CCCC(C(=O)OCC)N(CC1CCNCC1)C(C)C. The predicted octanol–water partition coefficient (Wildman–Crippen LogP) is 2.43. The molecule has 1 heterocycles. The minimum absolute atomic E-state index is 0.0445. The highest BCUT2D eigenvalue weighted by atomic mass is 16.5. The van der Waals surface area contributed by atoms with Crippen LogP contribution in [-0.4, -0.2) is 49.2 Å². The van der Waals surface area contributed by atoms with E-state index in [4.69, 9.17) is 4.74 Å². The standard InChI is InChI=1S/C16H32N2O2/c1-5-7-15(16(19)20-6-2)18(13(3)4)12-14-8-10-17-11-9-14/h13-15,17H,5-12H2,1-4H3. The molecule has 1 N–H and O–H groups in total. The van der Waals surface area contributed by atoms with Crippen molar-refractivity contribution < 1.29 is 9.53 Å². The molecule has 0 amide bonds. The van der Waals surface area contributed by atoms with E-state index in [1.54, 1.807) is 0 Å². The van der Waals surface area contributed by atoms with Crippen LogP contribution in [0.3, 0.4) is 0 Å². The molecule has 0 radical (unpaired) electrons. The summed E-state index contributed by atoms with van der Waals surface area (Å²) in [7, 11) is 0. The molecule has 0 aromatic rings. The number of piperidine rings is 1. The molecular weight excluding hydrogens is 252 g/mol. The van der Waals surface area contributed by atoms with E-state index >= 15 is 0 Å². The van der Waals surface area contributed by atoms with Crippen LogP contribution in [-0.2, 0) is 9.53 Å². The Hall–Kier alpha value is -0.610. The zero-order chi connectivity index (χ0) is 15.0. The minimum atomic E-state index is -0.0742. The lowest BCUT2D eigenvalue weighted by Gasteiger charge is -2.37. The fourth-order valence-electron chi connectivity index (χ4n) is 2.99. The van der Waals surface area contributed by atoms with Gasteiger partial charge in [0.25, 0.3) is 0 Å². The number of hydrogen-bond acceptors (Lipinski definition) is 4. The Morgan fingerprint density at radius 1 is 1.30 bits per heavy atom. The van der Waals surface area contributed by atoms with Crippen molar-refractivity contribution in [3.05, 3.63) is 0 Å². The lowest BCUT2D eigenvalue weighted by molar-refractivity contribution is -0.151. The van der Waals surface area contributed by atoms with Crippen LogP contribution in [0.25, 0.3) is 0 Å². The largest absolute Gasteiger partial charge is 0.465 e. The molecule has 4 nitrogen and oxygen atoms in total. The average molecular weight is 284 g/mol. The molecule has 1 saturated heterocycles. The summed E-state index contributed by atoms with van der Waals surface area (Å²) in [6, 6.07) is 0.306. The van der Waals surface area contributed by atoms with E-state index in [0.717, 1.165) is 32.5 Å². The minimum Gasteiger partial charge on any atom is -0.465 e. The van der Waals surface area contributed by atoms with Crippen molar-refractivity contribution in [1.29, 1.82) is 0 Å². The first-order valence-corrected chi connectivity index (χ1v) is 8.23. The highest BCUT2D eigenvalue weighted by Crippen LogP contribution is 2.20. The smallest absolute Gasteiger partial charge is 0.323 e. The van der Waals surface area contributed by atoms with Crippen LogP contribution in [0.15, 0.2) is 0 Å². The lowest BCUT2D eigenvalue weighted by Crippen LogP contribution is -2.49. The quantitative estimate of drug-likeness (QED) is 0.695. The van der Waals surface area contributed by atoms with Gasteiger partial charge in [-0.15, -0.1) is 0 Å². The summed E-state index contributed by atoms with van der Waals surface area (Å²) in [5.41, 5.74) is 0. The molecule has 1 atom stereocenters. The topological polar surface area (TPSA) is 41.6 Å². The van der Waals surface area contributed by atoms with Crippen LogP contribution in [0.4, 0.5) is 0 Å². The molecule has 1 aliphatic rings. The summed E-state index contributed by atoms with van der Waals surface area (Å²) in [5.74, 6) is 0.657. The molecule has 1 fully saturated rings. The van der Waals surface area contributed by atoms with Gasteiger partial charge in [-0.05, 0) is 59.0 Å². The average Bonchev–Trinajstić information content (AvgIpc) is 2.43. The van der Waals surface area contributed by atoms with Crippen LogP contribution in [0.1, 0.15) is 53.4 Å². The Balaban J connectivity index is 2.70. The molecule has 118 valence electrons. The lowest BCUT2D eigenvalue weighted by atomic mass is 9.95. The van der Waals surface area contributed by atoms with Crippen molar-refractivity contribution in [2.75, 3.05) is 26.2 Å². The van der Waals surface area contributed by atoms with Crippen LogP contribution in [0.5, 0.6) is 0 Å². The number of ether oxygens (including phenoxy) is 1. The van der Waals surface area contributed by atoms with Gasteiger partial charge in [-0.25, -0.2) is 0 Å². The van der Waals surface area contributed by atoms with Gasteiger partial charge in [0.1, 0.15) is 6.04 Å². The summed E-state index contributed by atoms with van der Waals surface area (Å²) >= 11 is 0. The van der Waals surface area contributed by atoms with E-state index in [-0.39, 0.29) is 12.0 Å². The zero-order valence-electron chi connectivity index (χ0n) is 13.7. The van der Waals surface area contributed by atoms with E-state index in [9.17, 15) is 4.79 Å². The molecule has 0 aromatic carbocycles. The predicted molar refractivity (Wildman–Crippen MR) is 82.8 cm³/mol. The molecule has 0 spiro atoms. The summed E-state index contributed by atoms with van der Waals surface area (Å²) in [6.45, 7) is 12.1. The third-order valence-corrected chi connectivity index (χ3v) is 4.11. The second-order valence-electron chi connectivity index (χ2n) is 6.04. The second kappa shape index (κ2) is 9.35. The zero-order valence-corrected chi connectivity index (χ0v) is 13.7. The summed E-state index contributed by atoms with van der Waals surface area (Å²) in [6.07, 6.45) is 4.33. The molecule has 0 saturated carbocycles. The first-order chi connectivity index (χ1) is 9.60. The fraction of sp³-hybridized carbons (Fsp3) is 0.938. The Morgan fingerprint density at radius 2 is 1.95 bits per heavy atom. The van der Waals surface area contributed by atoms with Crippen molar-refractivity contribution in [3.8, 4) is 0 Å². The van der Waals surface area contributed by atoms with Gasteiger partial charge in [0, 0.05) is 12.6 Å². The molecule has 4 heteroatoms. The number of carbonyl (C=O) groups excluding carboxylic acids is 1. The molecule has 1 unspecified atom stereocenters. The van der Waals surface area contributed by atoms with Crippen molar-refractivity contribution in [3.63, 3.8) is 0 Å². The van der Waals surface area contributed by atoms with Crippen molar-refractivity contribution in [2.45, 2.75) is 65.5 Å². The van der Waals surface area contributed by atoms with Gasteiger partial charge < -0.3 is 10.1 Å². The third-order valence-electron chi connectivity index (χ3n) is 4.11. The van der Waals surface area contributed by atoms with E-state index in [2.05, 4.69) is 31.0 Å².